The third kappa shape index (κ3) is 5.54. The number of nitrogens with zero attached hydrogens (tertiary/aromatic N) is 1. The van der Waals surface area contributed by atoms with Crippen LogP contribution in [0.4, 0.5) is 17.1 Å². The normalized spacial score (nSPS) is 12.2. The summed E-state index contributed by atoms with van der Waals surface area (Å²) in [6.45, 7) is 1.90. The molecule has 0 aliphatic rings. The minimum absolute atomic E-state index is 0.119. The monoisotopic (exact) mass is 445 g/mol. The number of para-hydroxylation sites is 2. The van der Waals surface area contributed by atoms with Crippen LogP contribution in [0.1, 0.15) is 19.1 Å². The van der Waals surface area contributed by atoms with Crippen LogP contribution in [-0.4, -0.2) is 26.5 Å². The van der Waals surface area contributed by atoms with Crippen molar-refractivity contribution >= 4 is 27.1 Å². The van der Waals surface area contributed by atoms with Crippen molar-refractivity contribution in [3.05, 3.63) is 76.7 Å². The topological polar surface area (TPSA) is 124 Å². The predicted molar refractivity (Wildman–Crippen MR) is 117 cm³/mol. The molecule has 0 aliphatic heterocycles. The van der Waals surface area contributed by atoms with E-state index >= 15 is 0 Å². The molecule has 3 aromatic rings. The van der Waals surface area contributed by atoms with Crippen molar-refractivity contribution in [1.82, 2.24) is 0 Å². The molecule has 0 fully saturated rings. The second-order valence-corrected chi connectivity index (χ2v) is 8.56. The molecule has 0 saturated carbocycles. The maximum atomic E-state index is 13.1. The summed E-state index contributed by atoms with van der Waals surface area (Å²) in [6, 6.07) is 13.8. The summed E-state index contributed by atoms with van der Waals surface area (Å²) >= 11 is 0. The van der Waals surface area contributed by atoms with Crippen LogP contribution in [0.15, 0.2) is 70.2 Å². The zero-order valence-electron chi connectivity index (χ0n) is 17.1. The van der Waals surface area contributed by atoms with Gasteiger partial charge in [-0.1, -0.05) is 12.1 Å². The van der Waals surface area contributed by atoms with Crippen molar-refractivity contribution in [2.24, 2.45) is 0 Å². The molecular weight excluding hydrogens is 422 g/mol. The van der Waals surface area contributed by atoms with E-state index in [4.69, 9.17) is 9.15 Å². The summed E-state index contributed by atoms with van der Waals surface area (Å²) in [6.07, 6.45) is 2.93. The Morgan fingerprint density at radius 3 is 2.58 bits per heavy atom. The van der Waals surface area contributed by atoms with Gasteiger partial charge in [-0.15, -0.1) is 0 Å². The molecule has 31 heavy (non-hydrogen) atoms. The third-order valence-electron chi connectivity index (χ3n) is 4.62. The number of hydrogen-bond donors (Lipinski definition) is 2. The van der Waals surface area contributed by atoms with Crippen molar-refractivity contribution < 1.29 is 22.5 Å². The molecule has 0 radical (unpaired) electrons. The Labute approximate surface area is 180 Å². The van der Waals surface area contributed by atoms with Gasteiger partial charge in [-0.25, -0.2) is 8.42 Å². The molecular formula is C21H23N3O6S. The van der Waals surface area contributed by atoms with E-state index in [0.29, 0.717) is 18.6 Å². The van der Waals surface area contributed by atoms with Crippen molar-refractivity contribution in [3.63, 3.8) is 0 Å². The van der Waals surface area contributed by atoms with Crippen molar-refractivity contribution in [2.75, 3.05) is 17.1 Å². The van der Waals surface area contributed by atoms with Crippen LogP contribution < -0.4 is 14.8 Å². The van der Waals surface area contributed by atoms with Gasteiger partial charge >= 0.3 is 0 Å². The lowest BCUT2D eigenvalue weighted by atomic mass is 10.1. The number of methoxy groups -OCH3 is 1. The van der Waals surface area contributed by atoms with E-state index in [2.05, 4.69) is 10.0 Å². The Bertz CT molecular complexity index is 1150. The lowest BCUT2D eigenvalue weighted by Crippen LogP contribution is -2.20. The van der Waals surface area contributed by atoms with E-state index < -0.39 is 14.9 Å². The van der Waals surface area contributed by atoms with Gasteiger partial charge in [-0.3, -0.25) is 14.8 Å². The van der Waals surface area contributed by atoms with Crippen LogP contribution in [0.2, 0.25) is 0 Å². The molecule has 1 unspecified atom stereocenters. The number of nitrogens with one attached hydrogen (secondary N) is 2. The quantitative estimate of drug-likeness (QED) is 0.349. The van der Waals surface area contributed by atoms with Gasteiger partial charge < -0.3 is 14.5 Å². The summed E-state index contributed by atoms with van der Waals surface area (Å²) < 4.78 is 39.3. The highest BCUT2D eigenvalue weighted by Gasteiger charge is 2.24. The van der Waals surface area contributed by atoms with E-state index in [1.165, 1.54) is 19.2 Å². The second-order valence-electron chi connectivity index (χ2n) is 6.91. The highest BCUT2D eigenvalue weighted by molar-refractivity contribution is 7.93. The molecule has 0 bridgehead atoms. The number of nitro benzene ring substituents is 1. The number of anilines is 2. The van der Waals surface area contributed by atoms with E-state index in [0.717, 1.165) is 11.8 Å². The molecule has 1 heterocycles. The van der Waals surface area contributed by atoms with Gasteiger partial charge in [0.2, 0.25) is 0 Å². The number of sulfonamides is 1. The maximum Gasteiger partial charge on any atom is 0.270 e. The fourth-order valence-electron chi connectivity index (χ4n) is 3.05. The fourth-order valence-corrected chi connectivity index (χ4v) is 4.31. The summed E-state index contributed by atoms with van der Waals surface area (Å²) in [5, 5.41) is 14.4. The number of aryl methyl sites for hydroxylation is 1. The first kappa shape index (κ1) is 22.2. The Kier molecular flexibility index (Phi) is 6.81. The van der Waals surface area contributed by atoms with E-state index in [1.807, 2.05) is 13.0 Å². The third-order valence-corrected chi connectivity index (χ3v) is 6.03. The van der Waals surface area contributed by atoms with Crippen molar-refractivity contribution in [1.29, 1.82) is 0 Å². The number of nitro groups is 1. The van der Waals surface area contributed by atoms with Gasteiger partial charge in [0.15, 0.2) is 0 Å². The molecule has 2 aromatic carbocycles. The molecule has 164 valence electrons. The van der Waals surface area contributed by atoms with Gasteiger partial charge in [0.25, 0.3) is 15.7 Å². The van der Waals surface area contributed by atoms with Crippen molar-refractivity contribution in [2.45, 2.75) is 30.7 Å². The van der Waals surface area contributed by atoms with E-state index in [1.54, 1.807) is 36.6 Å². The minimum atomic E-state index is -4.15. The zero-order chi connectivity index (χ0) is 22.4. The SMILES string of the molecule is COc1ccccc1NS(=O)(=O)c1cc([N+](=O)[O-])ccc1NC(C)CCc1ccco1. The minimum Gasteiger partial charge on any atom is -0.495 e. The zero-order valence-corrected chi connectivity index (χ0v) is 17.9. The molecule has 0 aliphatic carbocycles. The molecule has 1 atom stereocenters. The summed E-state index contributed by atoms with van der Waals surface area (Å²) in [5.41, 5.74) is 0.169. The van der Waals surface area contributed by atoms with Gasteiger partial charge in [-0.05, 0) is 43.7 Å². The molecule has 0 spiro atoms. The number of ether oxygens (including phenoxy) is 1. The van der Waals surface area contributed by atoms with E-state index in [9.17, 15) is 18.5 Å². The first-order valence-electron chi connectivity index (χ1n) is 9.53. The summed E-state index contributed by atoms with van der Waals surface area (Å²) in [7, 11) is -2.73. The molecule has 10 heteroatoms. The Hall–Kier alpha value is -3.53. The molecule has 0 amide bonds. The van der Waals surface area contributed by atoms with Crippen molar-refractivity contribution in [3.8, 4) is 5.75 Å². The van der Waals surface area contributed by atoms with Crippen LogP contribution in [0.3, 0.4) is 0 Å². The average Bonchev–Trinajstić information content (AvgIpc) is 3.26. The number of furan rings is 1. The molecule has 1 aromatic heterocycles. The van der Waals surface area contributed by atoms with Gasteiger partial charge in [-0.2, -0.15) is 0 Å². The van der Waals surface area contributed by atoms with Crippen LogP contribution in [0.25, 0.3) is 0 Å². The lowest BCUT2D eigenvalue weighted by Gasteiger charge is -2.19. The predicted octanol–water partition coefficient (Wildman–Crippen LogP) is 4.43. The van der Waals surface area contributed by atoms with Crippen LogP contribution in [0.5, 0.6) is 5.75 Å². The van der Waals surface area contributed by atoms with Crippen LogP contribution in [0, 0.1) is 10.1 Å². The number of benzene rings is 2. The highest BCUT2D eigenvalue weighted by Crippen LogP contribution is 2.31. The number of non-ortho nitro benzene ring substituents is 1. The number of rotatable bonds is 10. The van der Waals surface area contributed by atoms with Gasteiger partial charge in [0.1, 0.15) is 16.4 Å². The molecule has 0 saturated heterocycles. The highest BCUT2D eigenvalue weighted by atomic mass is 32.2. The van der Waals surface area contributed by atoms with Crippen LogP contribution in [-0.2, 0) is 16.4 Å². The fraction of sp³-hybridized carbons (Fsp3) is 0.238. The largest absolute Gasteiger partial charge is 0.495 e. The van der Waals surface area contributed by atoms with Gasteiger partial charge in [0, 0.05) is 24.6 Å². The lowest BCUT2D eigenvalue weighted by molar-refractivity contribution is -0.385. The summed E-state index contributed by atoms with van der Waals surface area (Å²) in [4.78, 5) is 10.4. The second kappa shape index (κ2) is 9.52. The van der Waals surface area contributed by atoms with Gasteiger partial charge in [0.05, 0.1) is 29.7 Å². The molecule has 9 nitrogen and oxygen atoms in total. The van der Waals surface area contributed by atoms with Crippen LogP contribution >= 0.6 is 0 Å². The standard InChI is InChI=1S/C21H23N3O6S/c1-15(9-11-17-6-5-13-30-17)22-19-12-10-16(24(25)26)14-21(19)31(27,28)23-18-7-3-4-8-20(18)29-2/h3-8,10,12-15,22-23H,9,11H2,1-2H3. The van der Waals surface area contributed by atoms with E-state index in [-0.39, 0.29) is 28.0 Å². The Morgan fingerprint density at radius 2 is 1.90 bits per heavy atom. The average molecular weight is 445 g/mol. The molecule has 2 N–H and O–H groups in total. The Balaban J connectivity index is 1.89. The molecule has 3 rings (SSSR count). The smallest absolute Gasteiger partial charge is 0.270 e. The maximum absolute atomic E-state index is 13.1. The Morgan fingerprint density at radius 1 is 1.13 bits per heavy atom. The number of hydrogen-bond acceptors (Lipinski definition) is 7. The summed E-state index contributed by atoms with van der Waals surface area (Å²) in [5.74, 6) is 1.15. The first-order chi connectivity index (χ1) is 14.8. The first-order valence-corrected chi connectivity index (χ1v) is 11.0.